The van der Waals surface area contributed by atoms with Gasteiger partial charge in [0, 0.05) is 25.8 Å². The number of hydrogen-bond donors (Lipinski definition) is 0. The first-order valence-electron chi connectivity index (χ1n) is 10.1. The topological polar surface area (TPSA) is 55.8 Å². The fourth-order valence-electron chi connectivity index (χ4n) is 3.64. The summed E-state index contributed by atoms with van der Waals surface area (Å²) in [6.45, 7) is 8.27. The van der Waals surface area contributed by atoms with E-state index in [0.29, 0.717) is 26.0 Å². The lowest BCUT2D eigenvalue weighted by molar-refractivity contribution is -0.158. The van der Waals surface area contributed by atoms with Crippen LogP contribution in [0.1, 0.15) is 58.1 Å². The van der Waals surface area contributed by atoms with E-state index < -0.39 is 5.41 Å². The van der Waals surface area contributed by atoms with Gasteiger partial charge in [-0.15, -0.1) is 0 Å². The maximum atomic E-state index is 12.9. The summed E-state index contributed by atoms with van der Waals surface area (Å²) in [6.07, 6.45) is 3.29. The Hall–Kier alpha value is -1.72. The van der Waals surface area contributed by atoms with Crippen LogP contribution in [0.2, 0.25) is 0 Å². The van der Waals surface area contributed by atoms with E-state index >= 15 is 0 Å². The molecule has 0 bridgehead atoms. The summed E-state index contributed by atoms with van der Waals surface area (Å²) in [5.41, 5.74) is 0.0838. The molecule has 27 heavy (non-hydrogen) atoms. The van der Waals surface area contributed by atoms with E-state index in [1.54, 1.807) is 6.92 Å². The fraction of sp³-hybridized carbons (Fsp3) is 0.636. The van der Waals surface area contributed by atoms with Gasteiger partial charge in [-0.3, -0.25) is 14.5 Å². The van der Waals surface area contributed by atoms with Gasteiger partial charge in [0.05, 0.1) is 13.2 Å². The van der Waals surface area contributed by atoms with E-state index in [1.165, 1.54) is 0 Å². The highest BCUT2D eigenvalue weighted by Crippen LogP contribution is 2.37. The summed E-state index contributed by atoms with van der Waals surface area (Å²) >= 11 is 0. The molecule has 2 rings (SSSR count). The van der Waals surface area contributed by atoms with Crippen LogP contribution in [0.5, 0.6) is 0 Å². The zero-order chi connectivity index (χ0) is 19.7. The Bertz CT molecular complexity index is 604. The van der Waals surface area contributed by atoms with E-state index in [1.807, 2.05) is 18.2 Å². The quantitative estimate of drug-likeness (QED) is 0.335. The summed E-state index contributed by atoms with van der Waals surface area (Å²) in [5.74, 6) is -0.413. The molecule has 1 aromatic rings. The predicted molar refractivity (Wildman–Crippen MR) is 105 cm³/mol. The summed E-state index contributed by atoms with van der Waals surface area (Å²) in [7, 11) is 0. The third kappa shape index (κ3) is 5.39. The van der Waals surface area contributed by atoms with Crippen molar-refractivity contribution in [2.75, 3.05) is 32.9 Å². The van der Waals surface area contributed by atoms with E-state index in [-0.39, 0.29) is 30.9 Å². The zero-order valence-corrected chi connectivity index (χ0v) is 16.9. The molecule has 2 unspecified atom stereocenters. The number of esters is 1. The molecule has 1 aliphatic heterocycles. The van der Waals surface area contributed by atoms with Gasteiger partial charge in [-0.25, -0.2) is 0 Å². The van der Waals surface area contributed by atoms with Crippen LogP contribution in [0.3, 0.4) is 0 Å². The minimum Gasteiger partial charge on any atom is -0.465 e. The van der Waals surface area contributed by atoms with Crippen LogP contribution < -0.4 is 0 Å². The highest BCUT2D eigenvalue weighted by atomic mass is 16.5. The third-order valence-corrected chi connectivity index (χ3v) is 5.38. The van der Waals surface area contributed by atoms with Gasteiger partial charge in [-0.05, 0) is 38.7 Å². The number of ketones is 1. The molecule has 1 heterocycles. The first-order valence-corrected chi connectivity index (χ1v) is 10.1. The molecule has 2 atom stereocenters. The molecule has 0 radical (unpaired) electrons. The molecule has 1 saturated heterocycles. The highest BCUT2D eigenvalue weighted by molar-refractivity contribution is 6.06. The fourth-order valence-corrected chi connectivity index (χ4v) is 3.64. The van der Waals surface area contributed by atoms with Crippen molar-refractivity contribution in [1.82, 2.24) is 4.90 Å². The second kappa shape index (κ2) is 10.6. The summed E-state index contributed by atoms with van der Waals surface area (Å²) < 4.78 is 10.9. The molecule has 1 aromatic carbocycles. The number of nitrogens with zero attached hydrogens (tertiary/aromatic N) is 1. The summed E-state index contributed by atoms with van der Waals surface area (Å²) in [5, 5.41) is 0. The Morgan fingerprint density at radius 3 is 2.56 bits per heavy atom. The molecule has 150 valence electrons. The largest absolute Gasteiger partial charge is 0.465 e. The van der Waals surface area contributed by atoms with Crippen LogP contribution in [0.25, 0.3) is 0 Å². The number of Topliss-reactive ketones (excluding diaryl/α,β-unsaturated/α-hetero) is 1. The predicted octanol–water partition coefficient (Wildman–Crippen LogP) is 3.78. The van der Waals surface area contributed by atoms with Gasteiger partial charge in [-0.2, -0.15) is 0 Å². The van der Waals surface area contributed by atoms with E-state index in [4.69, 9.17) is 9.47 Å². The van der Waals surface area contributed by atoms with Crippen LogP contribution >= 0.6 is 0 Å². The summed E-state index contributed by atoms with van der Waals surface area (Å²) in [6, 6.07) is 10.2. The molecule has 0 aromatic heterocycles. The number of rotatable bonds is 11. The number of carbonyl (C=O) groups excluding carboxylic acids is 2. The van der Waals surface area contributed by atoms with Crippen molar-refractivity contribution in [2.24, 2.45) is 5.41 Å². The van der Waals surface area contributed by atoms with E-state index in [2.05, 4.69) is 30.9 Å². The zero-order valence-electron chi connectivity index (χ0n) is 16.9. The van der Waals surface area contributed by atoms with Gasteiger partial charge in [0.15, 0.2) is 5.78 Å². The van der Waals surface area contributed by atoms with Crippen molar-refractivity contribution in [3.05, 3.63) is 35.9 Å². The number of hydrogen-bond acceptors (Lipinski definition) is 5. The van der Waals surface area contributed by atoms with Crippen LogP contribution in [0, 0.1) is 5.41 Å². The summed E-state index contributed by atoms with van der Waals surface area (Å²) in [4.78, 5) is 27.8. The number of ether oxygens (including phenoxy) is 2. The van der Waals surface area contributed by atoms with Gasteiger partial charge in [0.1, 0.15) is 5.41 Å². The minimum absolute atomic E-state index is 0.0303. The normalized spacial score (nSPS) is 21.4. The molecular formula is C22H33NO4. The molecule has 5 nitrogen and oxygen atoms in total. The Kier molecular flexibility index (Phi) is 8.45. The molecule has 1 fully saturated rings. The average molecular weight is 376 g/mol. The van der Waals surface area contributed by atoms with Crippen molar-refractivity contribution >= 4 is 11.8 Å². The minimum atomic E-state index is -1.06. The molecule has 0 saturated carbocycles. The van der Waals surface area contributed by atoms with Crippen LogP contribution in [-0.4, -0.2) is 49.6 Å². The molecule has 5 heteroatoms. The molecule has 0 aliphatic carbocycles. The second-order valence-electron chi connectivity index (χ2n) is 7.29. The molecule has 0 spiro atoms. The second-order valence-corrected chi connectivity index (χ2v) is 7.29. The lowest BCUT2D eigenvalue weighted by atomic mass is 9.81. The van der Waals surface area contributed by atoms with Crippen molar-refractivity contribution in [3.63, 3.8) is 0 Å². The van der Waals surface area contributed by atoms with Gasteiger partial charge < -0.3 is 9.47 Å². The number of likely N-dealkylation sites (tertiary alicyclic amines) is 1. The number of carbonyl (C=O) groups is 2. The maximum Gasteiger partial charge on any atom is 0.321 e. The molecule has 0 N–H and O–H groups in total. The maximum absolute atomic E-state index is 12.9. The van der Waals surface area contributed by atoms with Crippen LogP contribution in [0.4, 0.5) is 0 Å². The lowest BCUT2D eigenvalue weighted by Crippen LogP contribution is -2.41. The van der Waals surface area contributed by atoms with Gasteiger partial charge in [-0.1, -0.05) is 43.7 Å². The lowest BCUT2D eigenvalue weighted by Gasteiger charge is -2.28. The van der Waals surface area contributed by atoms with Crippen molar-refractivity contribution in [3.8, 4) is 0 Å². The van der Waals surface area contributed by atoms with Gasteiger partial charge in [0.25, 0.3) is 0 Å². The molecular weight excluding hydrogens is 342 g/mol. The van der Waals surface area contributed by atoms with Crippen LogP contribution in [0.15, 0.2) is 30.3 Å². The van der Waals surface area contributed by atoms with Crippen molar-refractivity contribution in [1.29, 1.82) is 0 Å². The first-order chi connectivity index (χ1) is 13.0. The van der Waals surface area contributed by atoms with E-state index in [0.717, 1.165) is 25.0 Å². The third-order valence-electron chi connectivity index (χ3n) is 5.38. The molecule has 0 amide bonds. The average Bonchev–Trinajstić information content (AvgIpc) is 3.02. The van der Waals surface area contributed by atoms with E-state index in [9.17, 15) is 9.59 Å². The van der Waals surface area contributed by atoms with Crippen LogP contribution in [-0.2, 0) is 19.1 Å². The monoisotopic (exact) mass is 375 g/mol. The van der Waals surface area contributed by atoms with Crippen molar-refractivity contribution < 1.29 is 19.1 Å². The smallest absolute Gasteiger partial charge is 0.321 e. The SMILES string of the molecule is CCCCOCCCC1(C(=O)OCC)CN(C(C)c2ccccc2)CC1=O. The number of unbranched alkanes of at least 4 members (excludes halogenated alkanes) is 1. The first kappa shape index (κ1) is 21.6. The standard InChI is InChI=1S/C22H33NO4/c1-4-6-14-26-15-10-13-22(21(25)27-5-2)17-23(16-20(22)24)18(3)19-11-8-7-9-12-19/h7-9,11-12,18H,4-6,10,13-17H2,1-3H3. The molecule has 1 aliphatic rings. The Morgan fingerprint density at radius 1 is 1.19 bits per heavy atom. The van der Waals surface area contributed by atoms with Crippen molar-refractivity contribution in [2.45, 2.75) is 52.5 Å². The highest BCUT2D eigenvalue weighted by Gasteiger charge is 2.53. The number of benzene rings is 1. The van der Waals surface area contributed by atoms with Gasteiger partial charge >= 0.3 is 5.97 Å². The Labute approximate surface area is 163 Å². The Balaban J connectivity index is 2.06. The Morgan fingerprint density at radius 2 is 1.89 bits per heavy atom. The van der Waals surface area contributed by atoms with Gasteiger partial charge in [0.2, 0.25) is 0 Å².